The van der Waals surface area contributed by atoms with E-state index in [0.29, 0.717) is 4.75 Å². The largest absolute Gasteiger partial charge is 0.369 e. The predicted molar refractivity (Wildman–Crippen MR) is 95.3 cm³/mol. The van der Waals surface area contributed by atoms with Crippen molar-refractivity contribution >= 4 is 17.6 Å². The van der Waals surface area contributed by atoms with Gasteiger partial charge in [0.05, 0.1) is 0 Å². The normalized spacial score (nSPS) is 11.5. The maximum Gasteiger partial charge on any atom is 0.161 e. The van der Waals surface area contributed by atoms with Crippen LogP contribution in [0.25, 0.3) is 11.4 Å². The van der Waals surface area contributed by atoms with Crippen molar-refractivity contribution in [1.29, 1.82) is 0 Å². The molecule has 4 nitrogen and oxygen atoms in total. The second-order valence-electron chi connectivity index (χ2n) is 6.05. The average molecular weight is 316 g/mol. The molecule has 22 heavy (non-hydrogen) atoms. The number of nitrogens with zero attached hydrogens (tertiary/aromatic N) is 3. The fraction of sp³-hybridized carbons (Fsp3) is 0.471. The number of rotatable bonds is 6. The SMILES string of the molecule is CCc1cc(NCCSC(C)(C)C)nc(-c2ccncc2)n1. The first-order chi connectivity index (χ1) is 10.5. The van der Waals surface area contributed by atoms with Crippen molar-refractivity contribution in [3.05, 3.63) is 36.3 Å². The Balaban J connectivity index is 2.08. The van der Waals surface area contributed by atoms with E-state index in [0.717, 1.165) is 41.6 Å². The zero-order valence-corrected chi connectivity index (χ0v) is 14.6. The summed E-state index contributed by atoms with van der Waals surface area (Å²) in [7, 11) is 0. The molecule has 0 unspecified atom stereocenters. The molecule has 5 heteroatoms. The monoisotopic (exact) mass is 316 g/mol. The average Bonchev–Trinajstić information content (AvgIpc) is 2.51. The highest BCUT2D eigenvalue weighted by atomic mass is 32.2. The molecule has 0 saturated heterocycles. The van der Waals surface area contributed by atoms with Crippen LogP contribution in [0.2, 0.25) is 0 Å². The summed E-state index contributed by atoms with van der Waals surface area (Å²) >= 11 is 1.95. The van der Waals surface area contributed by atoms with E-state index in [2.05, 4.69) is 48.0 Å². The molecule has 0 spiro atoms. The quantitative estimate of drug-likeness (QED) is 0.815. The van der Waals surface area contributed by atoms with Gasteiger partial charge in [-0.15, -0.1) is 0 Å². The first-order valence-electron chi connectivity index (χ1n) is 7.64. The van der Waals surface area contributed by atoms with Gasteiger partial charge in [-0.3, -0.25) is 4.98 Å². The van der Waals surface area contributed by atoms with E-state index >= 15 is 0 Å². The number of thioether (sulfide) groups is 1. The van der Waals surface area contributed by atoms with Gasteiger partial charge >= 0.3 is 0 Å². The van der Waals surface area contributed by atoms with Crippen LogP contribution < -0.4 is 5.32 Å². The molecule has 2 aromatic heterocycles. The Bertz CT molecular complexity index is 593. The molecule has 2 rings (SSSR count). The molecule has 118 valence electrons. The number of hydrogen-bond donors (Lipinski definition) is 1. The fourth-order valence-electron chi connectivity index (χ4n) is 1.94. The van der Waals surface area contributed by atoms with Crippen LogP contribution in [0, 0.1) is 0 Å². The molecule has 0 fully saturated rings. The Kier molecular flexibility index (Phi) is 5.77. The van der Waals surface area contributed by atoms with E-state index in [1.807, 2.05) is 30.0 Å². The summed E-state index contributed by atoms with van der Waals surface area (Å²) in [5.41, 5.74) is 2.05. The Labute approximate surface area is 137 Å². The first-order valence-corrected chi connectivity index (χ1v) is 8.62. The van der Waals surface area contributed by atoms with E-state index in [9.17, 15) is 0 Å². The molecule has 0 aliphatic carbocycles. The van der Waals surface area contributed by atoms with E-state index in [1.54, 1.807) is 12.4 Å². The number of anilines is 1. The Hall–Kier alpha value is -1.62. The highest BCUT2D eigenvalue weighted by Crippen LogP contribution is 2.23. The Morgan fingerprint density at radius 3 is 2.50 bits per heavy atom. The summed E-state index contributed by atoms with van der Waals surface area (Å²) in [6.07, 6.45) is 4.43. The van der Waals surface area contributed by atoms with E-state index in [1.165, 1.54) is 0 Å². The molecular weight excluding hydrogens is 292 g/mol. The van der Waals surface area contributed by atoms with Crippen molar-refractivity contribution in [3.63, 3.8) is 0 Å². The maximum atomic E-state index is 4.63. The Morgan fingerprint density at radius 2 is 1.86 bits per heavy atom. The lowest BCUT2D eigenvalue weighted by Crippen LogP contribution is -2.14. The van der Waals surface area contributed by atoms with E-state index < -0.39 is 0 Å². The van der Waals surface area contributed by atoms with Crippen LogP contribution in [-0.2, 0) is 6.42 Å². The molecule has 1 N–H and O–H groups in total. The summed E-state index contributed by atoms with van der Waals surface area (Å²) in [5.74, 6) is 2.71. The van der Waals surface area contributed by atoms with Gasteiger partial charge in [0, 0.05) is 46.8 Å². The lowest BCUT2D eigenvalue weighted by Gasteiger charge is -2.17. The van der Waals surface area contributed by atoms with Gasteiger partial charge in [-0.05, 0) is 18.6 Å². The van der Waals surface area contributed by atoms with E-state index in [-0.39, 0.29) is 0 Å². The summed E-state index contributed by atoms with van der Waals surface area (Å²) in [6, 6.07) is 5.91. The van der Waals surface area contributed by atoms with Gasteiger partial charge in [0.2, 0.25) is 0 Å². The highest BCUT2D eigenvalue weighted by molar-refractivity contribution is 8.00. The lowest BCUT2D eigenvalue weighted by molar-refractivity contribution is 0.802. The van der Waals surface area contributed by atoms with Crippen molar-refractivity contribution in [3.8, 4) is 11.4 Å². The number of hydrogen-bond acceptors (Lipinski definition) is 5. The predicted octanol–water partition coefficient (Wildman–Crippen LogP) is 4.04. The third-order valence-corrected chi connectivity index (χ3v) is 4.30. The second-order valence-corrected chi connectivity index (χ2v) is 7.97. The third kappa shape index (κ3) is 5.30. The minimum Gasteiger partial charge on any atom is -0.369 e. The van der Waals surface area contributed by atoms with Crippen molar-refractivity contribution in [2.45, 2.75) is 38.9 Å². The minimum atomic E-state index is 0.296. The van der Waals surface area contributed by atoms with Crippen LogP contribution in [0.1, 0.15) is 33.4 Å². The molecule has 0 radical (unpaired) electrons. The van der Waals surface area contributed by atoms with Gasteiger partial charge in [0.15, 0.2) is 5.82 Å². The van der Waals surface area contributed by atoms with Crippen molar-refractivity contribution in [2.24, 2.45) is 0 Å². The summed E-state index contributed by atoms with van der Waals surface area (Å²) < 4.78 is 0.296. The van der Waals surface area contributed by atoms with Gasteiger partial charge in [-0.25, -0.2) is 9.97 Å². The van der Waals surface area contributed by atoms with Gasteiger partial charge in [0.25, 0.3) is 0 Å². The fourth-order valence-corrected chi connectivity index (χ4v) is 2.75. The van der Waals surface area contributed by atoms with E-state index in [4.69, 9.17) is 0 Å². The van der Waals surface area contributed by atoms with Crippen LogP contribution in [0.15, 0.2) is 30.6 Å². The first kappa shape index (κ1) is 16.7. The summed E-state index contributed by atoms with van der Waals surface area (Å²) in [5, 5.41) is 3.41. The van der Waals surface area contributed by atoms with Crippen molar-refractivity contribution < 1.29 is 0 Å². The second kappa shape index (κ2) is 7.58. The molecule has 2 heterocycles. The van der Waals surface area contributed by atoms with Crippen molar-refractivity contribution in [2.75, 3.05) is 17.6 Å². The van der Waals surface area contributed by atoms with Gasteiger partial charge in [-0.1, -0.05) is 27.7 Å². The number of nitrogens with one attached hydrogen (secondary N) is 1. The van der Waals surface area contributed by atoms with Crippen LogP contribution in [0.5, 0.6) is 0 Å². The van der Waals surface area contributed by atoms with Gasteiger partial charge < -0.3 is 5.32 Å². The lowest BCUT2D eigenvalue weighted by atomic mass is 10.2. The zero-order chi connectivity index (χ0) is 16.0. The number of pyridine rings is 1. The van der Waals surface area contributed by atoms with Gasteiger partial charge in [-0.2, -0.15) is 11.8 Å². The molecule has 0 bridgehead atoms. The molecule has 0 aromatic carbocycles. The van der Waals surface area contributed by atoms with Crippen LogP contribution >= 0.6 is 11.8 Å². The van der Waals surface area contributed by atoms with Crippen LogP contribution in [0.3, 0.4) is 0 Å². The molecule has 0 atom stereocenters. The van der Waals surface area contributed by atoms with Crippen LogP contribution in [-0.4, -0.2) is 32.0 Å². The number of aryl methyl sites for hydroxylation is 1. The summed E-state index contributed by atoms with van der Waals surface area (Å²) in [6.45, 7) is 9.72. The minimum absolute atomic E-state index is 0.296. The van der Waals surface area contributed by atoms with Gasteiger partial charge in [0.1, 0.15) is 5.82 Å². The smallest absolute Gasteiger partial charge is 0.161 e. The van der Waals surface area contributed by atoms with Crippen molar-refractivity contribution in [1.82, 2.24) is 15.0 Å². The number of aromatic nitrogens is 3. The molecule has 0 saturated carbocycles. The topological polar surface area (TPSA) is 50.7 Å². The zero-order valence-electron chi connectivity index (χ0n) is 13.8. The maximum absolute atomic E-state index is 4.63. The molecule has 0 aliphatic heterocycles. The molecule has 0 amide bonds. The molecular formula is C17H24N4S. The third-order valence-electron chi connectivity index (χ3n) is 3.02. The standard InChI is InChI=1S/C17H24N4S/c1-5-14-12-15(19-10-11-22-17(2,3)4)21-16(20-14)13-6-8-18-9-7-13/h6-9,12H,5,10-11H2,1-4H3,(H,19,20,21). The highest BCUT2D eigenvalue weighted by Gasteiger charge is 2.10. The molecule has 0 aliphatic rings. The van der Waals surface area contributed by atoms with Crippen LogP contribution in [0.4, 0.5) is 5.82 Å². The summed E-state index contributed by atoms with van der Waals surface area (Å²) in [4.78, 5) is 13.3. The Morgan fingerprint density at radius 1 is 1.14 bits per heavy atom. The molecule has 2 aromatic rings.